The number of hydrogen-bond donors (Lipinski definition) is 2. The van der Waals surface area contributed by atoms with E-state index in [1.54, 1.807) is 0 Å². The Labute approximate surface area is 105 Å². The molecule has 0 amide bonds. The minimum atomic E-state index is 0.147. The van der Waals surface area contributed by atoms with Crippen molar-refractivity contribution >= 4 is 0 Å². The van der Waals surface area contributed by atoms with Crippen LogP contribution in [0.2, 0.25) is 0 Å². The molecule has 0 radical (unpaired) electrons. The summed E-state index contributed by atoms with van der Waals surface area (Å²) >= 11 is 0. The van der Waals surface area contributed by atoms with Crippen molar-refractivity contribution in [1.82, 2.24) is 5.32 Å². The Morgan fingerprint density at radius 2 is 1.82 bits per heavy atom. The van der Waals surface area contributed by atoms with Gasteiger partial charge in [-0.05, 0) is 31.2 Å². The van der Waals surface area contributed by atoms with Crippen molar-refractivity contribution in [3.05, 3.63) is 35.4 Å². The molecular weight excluding hydrogens is 210 g/mol. The molecule has 1 atom stereocenters. The highest BCUT2D eigenvalue weighted by atomic mass is 16.3. The van der Waals surface area contributed by atoms with E-state index in [-0.39, 0.29) is 12.0 Å². The van der Waals surface area contributed by atoms with E-state index in [4.69, 9.17) is 5.11 Å². The summed E-state index contributed by atoms with van der Waals surface area (Å²) in [5, 5.41) is 12.5. The van der Waals surface area contributed by atoms with E-state index >= 15 is 0 Å². The second kappa shape index (κ2) is 6.18. The van der Waals surface area contributed by atoms with E-state index in [0.717, 1.165) is 13.0 Å². The zero-order chi connectivity index (χ0) is 12.9. The summed E-state index contributed by atoms with van der Waals surface area (Å²) in [6, 6.07) is 8.99. The van der Waals surface area contributed by atoms with Crippen LogP contribution in [-0.4, -0.2) is 18.3 Å². The van der Waals surface area contributed by atoms with Gasteiger partial charge in [-0.3, -0.25) is 0 Å². The number of aliphatic hydroxyl groups is 1. The molecule has 2 nitrogen and oxygen atoms in total. The fourth-order valence-corrected chi connectivity index (χ4v) is 1.79. The molecule has 0 heterocycles. The summed E-state index contributed by atoms with van der Waals surface area (Å²) in [4.78, 5) is 0. The largest absolute Gasteiger partial charge is 0.396 e. The minimum absolute atomic E-state index is 0.147. The highest BCUT2D eigenvalue weighted by molar-refractivity contribution is 5.23. The lowest BCUT2D eigenvalue weighted by Gasteiger charge is -2.26. The maximum Gasteiger partial charge on any atom is 0.0436 e. The smallest absolute Gasteiger partial charge is 0.0436 e. The molecule has 2 N–H and O–H groups in total. The topological polar surface area (TPSA) is 32.3 Å². The van der Waals surface area contributed by atoms with Gasteiger partial charge >= 0.3 is 0 Å². The van der Waals surface area contributed by atoms with Crippen LogP contribution in [0.3, 0.4) is 0 Å². The number of aliphatic hydroxyl groups excluding tert-OH is 1. The number of nitrogens with one attached hydrogen (secondary N) is 1. The van der Waals surface area contributed by atoms with Crippen LogP contribution in [-0.2, 0) is 0 Å². The molecule has 0 bridgehead atoms. The molecule has 1 aromatic carbocycles. The molecule has 0 aliphatic rings. The molecule has 1 aromatic rings. The molecular formula is C15H25NO. The monoisotopic (exact) mass is 235 g/mol. The Morgan fingerprint density at radius 1 is 1.24 bits per heavy atom. The number of rotatable bonds is 6. The van der Waals surface area contributed by atoms with E-state index < -0.39 is 0 Å². The van der Waals surface area contributed by atoms with Crippen molar-refractivity contribution in [2.24, 2.45) is 5.41 Å². The van der Waals surface area contributed by atoms with Gasteiger partial charge in [0.2, 0.25) is 0 Å². The summed E-state index contributed by atoms with van der Waals surface area (Å²) in [6.45, 7) is 9.82. The average Bonchev–Trinajstić information content (AvgIpc) is 2.27. The number of hydrogen-bond acceptors (Lipinski definition) is 2. The van der Waals surface area contributed by atoms with E-state index in [0.29, 0.717) is 6.04 Å². The van der Waals surface area contributed by atoms with Gasteiger partial charge in [0.05, 0.1) is 0 Å². The van der Waals surface area contributed by atoms with Gasteiger partial charge in [-0.1, -0.05) is 43.7 Å². The van der Waals surface area contributed by atoms with Crippen molar-refractivity contribution in [2.45, 2.75) is 40.2 Å². The van der Waals surface area contributed by atoms with Gasteiger partial charge in [-0.25, -0.2) is 0 Å². The summed E-state index contributed by atoms with van der Waals surface area (Å²) in [7, 11) is 0. The molecule has 0 aliphatic heterocycles. The van der Waals surface area contributed by atoms with Crippen molar-refractivity contribution in [3.63, 3.8) is 0 Å². The lowest BCUT2D eigenvalue weighted by molar-refractivity contribution is 0.204. The van der Waals surface area contributed by atoms with Crippen LogP contribution in [0.5, 0.6) is 0 Å². The van der Waals surface area contributed by atoms with Gasteiger partial charge in [-0.15, -0.1) is 0 Å². The van der Waals surface area contributed by atoms with Gasteiger partial charge in [0.25, 0.3) is 0 Å². The second-order valence-corrected chi connectivity index (χ2v) is 5.65. The van der Waals surface area contributed by atoms with Crippen molar-refractivity contribution in [1.29, 1.82) is 0 Å². The lowest BCUT2D eigenvalue weighted by Crippen LogP contribution is -2.32. The summed E-state index contributed by atoms with van der Waals surface area (Å²) in [5.74, 6) is 0. The summed E-state index contributed by atoms with van der Waals surface area (Å²) in [5.41, 5.74) is 2.75. The molecule has 1 unspecified atom stereocenters. The van der Waals surface area contributed by atoms with Gasteiger partial charge < -0.3 is 10.4 Å². The molecule has 0 fully saturated rings. The summed E-state index contributed by atoms with van der Waals surface area (Å²) in [6.07, 6.45) is 0.834. The maximum absolute atomic E-state index is 8.99. The minimum Gasteiger partial charge on any atom is -0.396 e. The third kappa shape index (κ3) is 4.88. The molecule has 2 heteroatoms. The van der Waals surface area contributed by atoms with Crippen LogP contribution in [0, 0.1) is 12.3 Å². The fourth-order valence-electron chi connectivity index (χ4n) is 1.79. The predicted octanol–water partition coefficient (Wildman–Crippen LogP) is 3.05. The predicted molar refractivity (Wildman–Crippen MR) is 73.1 cm³/mol. The van der Waals surface area contributed by atoms with E-state index in [2.05, 4.69) is 57.3 Å². The second-order valence-electron chi connectivity index (χ2n) is 5.65. The van der Waals surface area contributed by atoms with Crippen molar-refractivity contribution in [2.75, 3.05) is 13.2 Å². The molecule has 0 saturated heterocycles. The van der Waals surface area contributed by atoms with E-state index in [1.165, 1.54) is 11.1 Å². The molecule has 0 aromatic heterocycles. The maximum atomic E-state index is 8.99. The molecule has 96 valence electrons. The first-order valence-corrected chi connectivity index (χ1v) is 6.35. The Hall–Kier alpha value is -0.860. The molecule has 1 rings (SSSR count). The van der Waals surface area contributed by atoms with Crippen molar-refractivity contribution < 1.29 is 5.11 Å². The van der Waals surface area contributed by atoms with Gasteiger partial charge in [0.1, 0.15) is 0 Å². The van der Waals surface area contributed by atoms with Gasteiger partial charge in [0, 0.05) is 19.2 Å². The Kier molecular flexibility index (Phi) is 5.16. The third-order valence-electron chi connectivity index (χ3n) is 3.25. The Morgan fingerprint density at radius 3 is 2.35 bits per heavy atom. The Balaban J connectivity index is 2.49. The molecule has 17 heavy (non-hydrogen) atoms. The normalized spacial score (nSPS) is 13.7. The third-order valence-corrected chi connectivity index (χ3v) is 3.25. The van der Waals surface area contributed by atoms with Crippen LogP contribution >= 0.6 is 0 Å². The number of benzene rings is 1. The standard InChI is InChI=1S/C15H25NO/c1-12-5-7-14(8-6-12)13(2)16-11-15(3,4)9-10-17/h5-8,13,16-17H,9-11H2,1-4H3. The van der Waals surface area contributed by atoms with Crippen molar-refractivity contribution in [3.8, 4) is 0 Å². The SMILES string of the molecule is Cc1ccc(C(C)NCC(C)(C)CCO)cc1. The van der Waals surface area contributed by atoms with Crippen LogP contribution < -0.4 is 5.32 Å². The van der Waals surface area contributed by atoms with E-state index in [9.17, 15) is 0 Å². The Bertz CT molecular complexity index is 329. The molecule has 0 spiro atoms. The van der Waals surface area contributed by atoms with Crippen LogP contribution in [0.25, 0.3) is 0 Å². The zero-order valence-electron chi connectivity index (χ0n) is 11.5. The average molecular weight is 235 g/mol. The first kappa shape index (κ1) is 14.2. The molecule has 0 saturated carbocycles. The van der Waals surface area contributed by atoms with Crippen LogP contribution in [0.15, 0.2) is 24.3 Å². The summed E-state index contributed by atoms with van der Waals surface area (Å²) < 4.78 is 0. The van der Waals surface area contributed by atoms with Crippen LogP contribution in [0.4, 0.5) is 0 Å². The number of aryl methyl sites for hydroxylation is 1. The van der Waals surface area contributed by atoms with Gasteiger partial charge in [0.15, 0.2) is 0 Å². The fraction of sp³-hybridized carbons (Fsp3) is 0.600. The first-order chi connectivity index (χ1) is 7.94. The van der Waals surface area contributed by atoms with Crippen LogP contribution in [0.1, 0.15) is 44.4 Å². The zero-order valence-corrected chi connectivity index (χ0v) is 11.5. The van der Waals surface area contributed by atoms with E-state index in [1.807, 2.05) is 0 Å². The van der Waals surface area contributed by atoms with Gasteiger partial charge in [-0.2, -0.15) is 0 Å². The highest BCUT2D eigenvalue weighted by Gasteiger charge is 2.18. The highest BCUT2D eigenvalue weighted by Crippen LogP contribution is 2.20. The first-order valence-electron chi connectivity index (χ1n) is 6.35. The lowest BCUT2D eigenvalue weighted by atomic mass is 9.89. The molecule has 0 aliphatic carbocycles. The quantitative estimate of drug-likeness (QED) is 0.794.